The van der Waals surface area contributed by atoms with Crippen LogP contribution in [0.4, 0.5) is 5.69 Å². The number of hydrogen-bond donors (Lipinski definition) is 2. The van der Waals surface area contributed by atoms with Crippen molar-refractivity contribution in [3.05, 3.63) is 21.0 Å². The number of anilines is 1. The smallest absolute Gasteiger partial charge is 0.331 e. The third-order valence-electron chi connectivity index (χ3n) is 7.60. The zero-order valence-electron chi connectivity index (χ0n) is 15.5. The highest BCUT2D eigenvalue weighted by Crippen LogP contribution is 2.61. The zero-order valence-corrected chi connectivity index (χ0v) is 17.0. The summed E-state index contributed by atoms with van der Waals surface area (Å²) in [6.07, 6.45) is 5.70. The molecule has 0 amide bonds. The summed E-state index contributed by atoms with van der Waals surface area (Å²) in [4.78, 5) is 24.5. The predicted molar refractivity (Wildman–Crippen MR) is 102 cm³/mol. The van der Waals surface area contributed by atoms with Crippen LogP contribution in [0.3, 0.4) is 0 Å². The number of carboxylic acid groups (broad SMARTS) is 1. The Bertz CT molecular complexity index is 815. The number of rotatable bonds is 4. The molecule has 0 radical (unpaired) electrons. The van der Waals surface area contributed by atoms with Crippen LogP contribution in [0.5, 0.6) is 0 Å². The van der Waals surface area contributed by atoms with Gasteiger partial charge < -0.3 is 10.4 Å². The summed E-state index contributed by atoms with van der Waals surface area (Å²) in [5, 5.41) is 17.3. The summed E-state index contributed by atoms with van der Waals surface area (Å²) >= 11 is 3.39. The van der Waals surface area contributed by atoms with Crippen molar-refractivity contribution >= 4 is 27.6 Å². The molecule has 7 heteroatoms. The fraction of sp³-hybridized carbons (Fsp3) is 0.737. The van der Waals surface area contributed by atoms with Crippen LogP contribution in [0.15, 0.2) is 15.5 Å². The molecule has 2 N–H and O–H groups in total. The molecule has 142 valence electrons. The molecule has 0 spiro atoms. The van der Waals surface area contributed by atoms with Crippen molar-refractivity contribution in [2.24, 2.45) is 23.2 Å². The second-order valence-electron chi connectivity index (χ2n) is 8.99. The van der Waals surface area contributed by atoms with Crippen LogP contribution in [-0.4, -0.2) is 26.9 Å². The Morgan fingerprint density at radius 1 is 1.38 bits per heavy atom. The van der Waals surface area contributed by atoms with Gasteiger partial charge in [0.05, 0.1) is 11.9 Å². The Kier molecular flexibility index (Phi) is 4.03. The summed E-state index contributed by atoms with van der Waals surface area (Å²) in [5.74, 6) is 0.977. The van der Waals surface area contributed by atoms with Gasteiger partial charge in [-0.25, -0.2) is 9.48 Å². The number of carboxylic acids is 1. The van der Waals surface area contributed by atoms with Crippen molar-refractivity contribution in [2.75, 3.05) is 5.32 Å². The third kappa shape index (κ3) is 2.31. The maximum atomic E-state index is 12.8. The minimum Gasteiger partial charge on any atom is -0.479 e. The van der Waals surface area contributed by atoms with Crippen LogP contribution < -0.4 is 10.9 Å². The number of halogens is 1. The van der Waals surface area contributed by atoms with Crippen LogP contribution in [0.25, 0.3) is 0 Å². The fourth-order valence-electron chi connectivity index (χ4n) is 5.41. The molecule has 4 atom stereocenters. The molecule has 5 rings (SSSR count). The molecule has 4 saturated carbocycles. The summed E-state index contributed by atoms with van der Waals surface area (Å²) in [5.41, 5.74) is -0.468. The van der Waals surface area contributed by atoms with Gasteiger partial charge in [0.1, 0.15) is 4.47 Å². The van der Waals surface area contributed by atoms with Crippen molar-refractivity contribution in [1.82, 2.24) is 9.78 Å². The van der Waals surface area contributed by atoms with Gasteiger partial charge in [-0.3, -0.25) is 4.79 Å². The summed E-state index contributed by atoms with van der Waals surface area (Å²) < 4.78 is 1.53. The molecule has 2 bridgehead atoms. The molecule has 1 aromatic rings. The lowest BCUT2D eigenvalue weighted by molar-refractivity contribution is -0.153. The van der Waals surface area contributed by atoms with E-state index in [4.69, 9.17) is 0 Å². The number of aromatic nitrogens is 2. The average Bonchev–Trinajstić information content (AvgIpc) is 2.53. The molecule has 1 heterocycles. The number of carbonyl (C=O) groups is 1. The largest absolute Gasteiger partial charge is 0.479 e. The number of aliphatic carboxylic acids is 1. The van der Waals surface area contributed by atoms with E-state index in [9.17, 15) is 14.7 Å². The standard InChI is InChI=1S/C19H26BrN3O3/c1-10-12-7-11(18(12,2)3)8-13(10)22-14-9-21-23(16(24)15(14)20)19(17(25)26)5-4-6-19/h9-13,22H,4-8H2,1-3H3,(H,25,26)/t10-,11+,12-,13-/m1/s1. The van der Waals surface area contributed by atoms with Gasteiger partial charge in [-0.2, -0.15) is 5.10 Å². The molecule has 4 aliphatic carbocycles. The van der Waals surface area contributed by atoms with Crippen molar-refractivity contribution < 1.29 is 9.90 Å². The average molecular weight is 424 g/mol. The van der Waals surface area contributed by atoms with Gasteiger partial charge in [-0.15, -0.1) is 0 Å². The molecule has 0 unspecified atom stereocenters. The summed E-state index contributed by atoms with van der Waals surface area (Å²) in [6.45, 7) is 7.01. The third-order valence-corrected chi connectivity index (χ3v) is 8.36. The molecule has 1 aromatic heterocycles. The number of fused-ring (bicyclic) bond motifs is 2. The Balaban J connectivity index is 1.59. The van der Waals surface area contributed by atoms with Gasteiger partial charge in [0, 0.05) is 6.04 Å². The second-order valence-corrected chi connectivity index (χ2v) is 9.78. The van der Waals surface area contributed by atoms with Crippen molar-refractivity contribution in [2.45, 2.75) is 64.5 Å². The molecular weight excluding hydrogens is 398 g/mol. The molecule has 4 fully saturated rings. The van der Waals surface area contributed by atoms with Gasteiger partial charge >= 0.3 is 5.97 Å². The van der Waals surface area contributed by atoms with Gasteiger partial charge in [-0.05, 0) is 71.2 Å². The first-order chi connectivity index (χ1) is 12.2. The summed E-state index contributed by atoms with van der Waals surface area (Å²) in [7, 11) is 0. The first-order valence-corrected chi connectivity index (χ1v) is 10.3. The minimum atomic E-state index is -1.18. The quantitative estimate of drug-likeness (QED) is 0.774. The molecule has 26 heavy (non-hydrogen) atoms. The van der Waals surface area contributed by atoms with Gasteiger partial charge in [0.15, 0.2) is 5.54 Å². The van der Waals surface area contributed by atoms with Crippen LogP contribution in [-0.2, 0) is 10.3 Å². The topological polar surface area (TPSA) is 84.2 Å². The van der Waals surface area contributed by atoms with E-state index >= 15 is 0 Å². The monoisotopic (exact) mass is 423 g/mol. The van der Waals surface area contributed by atoms with Crippen LogP contribution in [0, 0.1) is 23.2 Å². The zero-order chi connectivity index (χ0) is 18.9. The highest BCUT2D eigenvalue weighted by molar-refractivity contribution is 9.10. The number of hydrogen-bond acceptors (Lipinski definition) is 4. The summed E-state index contributed by atoms with van der Waals surface area (Å²) in [6, 6.07) is 0.317. The predicted octanol–water partition coefficient (Wildman–Crippen LogP) is 3.45. The second kappa shape index (κ2) is 5.81. The molecule has 0 saturated heterocycles. The Morgan fingerprint density at radius 3 is 2.58 bits per heavy atom. The number of nitrogens with zero attached hydrogens (tertiary/aromatic N) is 2. The molecule has 4 aliphatic rings. The highest BCUT2D eigenvalue weighted by Gasteiger charge is 2.56. The van der Waals surface area contributed by atoms with Crippen molar-refractivity contribution in [1.29, 1.82) is 0 Å². The van der Waals surface area contributed by atoms with Crippen molar-refractivity contribution in [3.63, 3.8) is 0 Å². The molecular formula is C19H26BrN3O3. The van der Waals surface area contributed by atoms with E-state index in [2.05, 4.69) is 47.1 Å². The Morgan fingerprint density at radius 2 is 2.08 bits per heavy atom. The molecule has 0 aliphatic heterocycles. The fourth-order valence-corrected chi connectivity index (χ4v) is 5.79. The van der Waals surface area contributed by atoms with E-state index in [0.717, 1.165) is 23.4 Å². The Labute approximate surface area is 161 Å². The van der Waals surface area contributed by atoms with Gasteiger partial charge in [0.2, 0.25) is 0 Å². The van der Waals surface area contributed by atoms with E-state index < -0.39 is 11.5 Å². The normalized spacial score (nSPS) is 33.7. The maximum Gasteiger partial charge on any atom is 0.331 e. The van der Waals surface area contributed by atoms with Crippen LogP contribution in [0.1, 0.15) is 52.9 Å². The molecule has 6 nitrogen and oxygen atoms in total. The van der Waals surface area contributed by atoms with Gasteiger partial charge in [-0.1, -0.05) is 20.8 Å². The lowest BCUT2D eigenvalue weighted by atomic mass is 9.45. The Hall–Kier alpha value is -1.37. The SMILES string of the molecule is C[C@@H]1[C@H]2C[C@@H](C[C@H]1Nc1cnn(C3(C(=O)O)CCC3)c(=O)c1Br)C2(C)C. The van der Waals surface area contributed by atoms with Crippen LogP contribution in [0.2, 0.25) is 0 Å². The van der Waals surface area contributed by atoms with Gasteiger partial charge in [0.25, 0.3) is 5.56 Å². The molecule has 0 aromatic carbocycles. The van der Waals surface area contributed by atoms with Crippen molar-refractivity contribution in [3.8, 4) is 0 Å². The first-order valence-electron chi connectivity index (χ1n) is 9.47. The van der Waals surface area contributed by atoms with Crippen LogP contribution >= 0.6 is 15.9 Å². The van der Waals surface area contributed by atoms with E-state index in [1.54, 1.807) is 6.20 Å². The lowest BCUT2D eigenvalue weighted by Gasteiger charge is -2.62. The van der Waals surface area contributed by atoms with E-state index in [0.29, 0.717) is 46.3 Å². The van der Waals surface area contributed by atoms with E-state index in [1.807, 2.05) is 0 Å². The lowest BCUT2D eigenvalue weighted by Crippen LogP contribution is -2.58. The van der Waals surface area contributed by atoms with E-state index in [1.165, 1.54) is 6.42 Å². The van der Waals surface area contributed by atoms with E-state index in [-0.39, 0.29) is 5.56 Å². The highest BCUT2D eigenvalue weighted by atomic mass is 79.9. The minimum absolute atomic E-state index is 0.317. The number of nitrogens with one attached hydrogen (secondary N) is 1. The first kappa shape index (κ1) is 18.0. The maximum absolute atomic E-state index is 12.8.